The lowest BCUT2D eigenvalue weighted by atomic mass is 10.0. The van der Waals surface area contributed by atoms with Crippen molar-refractivity contribution in [3.8, 4) is 0 Å². The number of nitrogens with zero attached hydrogens (tertiary/aromatic N) is 1. The molecule has 3 saturated heterocycles. The van der Waals surface area contributed by atoms with Crippen LogP contribution in [-0.4, -0.2) is 49.8 Å². The first-order chi connectivity index (χ1) is 7.90. The molecule has 3 heterocycles. The average Bonchev–Trinajstić information content (AvgIpc) is 2.87. The molecule has 3 aliphatic heterocycles. The number of nitrogens with one attached hydrogen (secondary N) is 1. The molecule has 3 rings (SSSR count). The fourth-order valence-electron chi connectivity index (χ4n) is 3.39. The molecule has 2 bridgehead atoms. The Morgan fingerprint density at radius 3 is 2.82 bits per heavy atom. The number of hydrogen-bond acceptors (Lipinski definition) is 3. The van der Waals surface area contributed by atoms with Gasteiger partial charge in [-0.1, -0.05) is 0 Å². The van der Waals surface area contributed by atoms with Crippen molar-refractivity contribution in [2.24, 2.45) is 5.92 Å². The van der Waals surface area contributed by atoms with Gasteiger partial charge in [0.1, 0.15) is 0 Å². The van der Waals surface area contributed by atoms with Gasteiger partial charge in [0.25, 0.3) is 0 Å². The molecule has 17 heavy (non-hydrogen) atoms. The van der Waals surface area contributed by atoms with Crippen LogP contribution in [0.5, 0.6) is 0 Å². The third-order valence-electron chi connectivity index (χ3n) is 4.48. The van der Waals surface area contributed by atoms with E-state index in [4.69, 9.17) is 4.74 Å². The van der Waals surface area contributed by atoms with Crippen LogP contribution < -0.4 is 5.32 Å². The summed E-state index contributed by atoms with van der Waals surface area (Å²) in [5, 5.41) is 3.74. The van der Waals surface area contributed by atoms with Gasteiger partial charge in [0.05, 0.1) is 0 Å². The minimum Gasteiger partial charge on any atom is -0.381 e. The largest absolute Gasteiger partial charge is 0.381 e. The molecular formula is C13H25ClN2O. The number of rotatable bonds is 3. The Morgan fingerprint density at radius 1 is 1.12 bits per heavy atom. The van der Waals surface area contributed by atoms with Gasteiger partial charge in [-0.15, -0.1) is 12.4 Å². The molecule has 100 valence electrons. The first kappa shape index (κ1) is 13.6. The van der Waals surface area contributed by atoms with Gasteiger partial charge >= 0.3 is 0 Å². The van der Waals surface area contributed by atoms with E-state index >= 15 is 0 Å². The molecule has 0 aliphatic carbocycles. The van der Waals surface area contributed by atoms with Crippen LogP contribution in [-0.2, 0) is 4.74 Å². The summed E-state index contributed by atoms with van der Waals surface area (Å²) in [7, 11) is 0. The van der Waals surface area contributed by atoms with Crippen molar-refractivity contribution in [2.45, 2.75) is 44.2 Å². The average molecular weight is 261 g/mol. The highest BCUT2D eigenvalue weighted by Gasteiger charge is 2.29. The fraction of sp³-hybridized carbons (Fsp3) is 1.00. The molecule has 3 nitrogen and oxygen atoms in total. The lowest BCUT2D eigenvalue weighted by molar-refractivity contribution is 0.176. The summed E-state index contributed by atoms with van der Waals surface area (Å²) in [6, 6.07) is 1.61. The second-order valence-electron chi connectivity index (χ2n) is 5.75. The van der Waals surface area contributed by atoms with Crippen LogP contribution in [0.1, 0.15) is 32.1 Å². The first-order valence-corrected chi connectivity index (χ1v) is 6.96. The molecule has 0 aromatic rings. The minimum atomic E-state index is 0. The normalized spacial score (nSPS) is 37.8. The molecule has 3 aliphatic rings. The SMILES string of the molecule is C1CC(CCN2CCC3CCC(C2)N3)CO1.Cl. The fourth-order valence-corrected chi connectivity index (χ4v) is 3.39. The van der Waals surface area contributed by atoms with Gasteiger partial charge in [0.15, 0.2) is 0 Å². The predicted molar refractivity (Wildman–Crippen MR) is 71.8 cm³/mol. The van der Waals surface area contributed by atoms with E-state index < -0.39 is 0 Å². The summed E-state index contributed by atoms with van der Waals surface area (Å²) in [6.07, 6.45) is 6.80. The summed E-state index contributed by atoms with van der Waals surface area (Å²) in [6.45, 7) is 5.89. The molecule has 0 aromatic heterocycles. The lowest BCUT2D eigenvalue weighted by Crippen LogP contribution is -2.36. The lowest BCUT2D eigenvalue weighted by Gasteiger charge is -2.24. The molecule has 3 fully saturated rings. The summed E-state index contributed by atoms with van der Waals surface area (Å²) in [5.74, 6) is 0.841. The van der Waals surface area contributed by atoms with Gasteiger partial charge in [-0.2, -0.15) is 0 Å². The van der Waals surface area contributed by atoms with Gasteiger partial charge in [-0.05, 0) is 51.1 Å². The predicted octanol–water partition coefficient (Wildman–Crippen LogP) is 1.66. The number of halogens is 1. The molecule has 0 aromatic carbocycles. The second kappa shape index (κ2) is 6.37. The van der Waals surface area contributed by atoms with E-state index in [0.29, 0.717) is 0 Å². The van der Waals surface area contributed by atoms with E-state index in [9.17, 15) is 0 Å². The highest BCUT2D eigenvalue weighted by atomic mass is 35.5. The zero-order chi connectivity index (χ0) is 10.8. The van der Waals surface area contributed by atoms with Crippen molar-refractivity contribution < 1.29 is 4.74 Å². The number of hydrogen-bond donors (Lipinski definition) is 1. The third kappa shape index (κ3) is 3.57. The van der Waals surface area contributed by atoms with Crippen molar-refractivity contribution in [3.63, 3.8) is 0 Å². The van der Waals surface area contributed by atoms with E-state index in [2.05, 4.69) is 10.2 Å². The Kier molecular flexibility index (Phi) is 5.10. The van der Waals surface area contributed by atoms with Gasteiger partial charge in [-0.25, -0.2) is 0 Å². The monoisotopic (exact) mass is 260 g/mol. The Bertz CT molecular complexity index is 233. The standard InChI is InChI=1S/C13H24N2O.ClH/c1-2-13-9-15(7-4-12(1)14-13)6-3-11-5-8-16-10-11;/h11-14H,1-10H2;1H. The quantitative estimate of drug-likeness (QED) is 0.835. The number of fused-ring (bicyclic) bond motifs is 2. The van der Waals surface area contributed by atoms with Crippen LogP contribution in [0.3, 0.4) is 0 Å². The molecule has 0 spiro atoms. The summed E-state index contributed by atoms with van der Waals surface area (Å²) < 4.78 is 5.44. The summed E-state index contributed by atoms with van der Waals surface area (Å²) >= 11 is 0. The molecule has 3 atom stereocenters. The molecule has 0 radical (unpaired) electrons. The van der Waals surface area contributed by atoms with Crippen molar-refractivity contribution in [3.05, 3.63) is 0 Å². The topological polar surface area (TPSA) is 24.5 Å². The van der Waals surface area contributed by atoms with Crippen LogP contribution >= 0.6 is 12.4 Å². The zero-order valence-corrected chi connectivity index (χ0v) is 11.4. The van der Waals surface area contributed by atoms with Gasteiger partial charge in [0, 0.05) is 31.8 Å². The van der Waals surface area contributed by atoms with E-state index in [1.54, 1.807) is 0 Å². The Hall–Kier alpha value is 0.170. The van der Waals surface area contributed by atoms with Crippen LogP contribution in [0, 0.1) is 5.92 Å². The van der Waals surface area contributed by atoms with Crippen molar-refractivity contribution in [2.75, 3.05) is 32.8 Å². The van der Waals surface area contributed by atoms with Crippen LogP contribution in [0.4, 0.5) is 0 Å². The van der Waals surface area contributed by atoms with Crippen molar-refractivity contribution in [1.29, 1.82) is 0 Å². The molecule has 0 saturated carbocycles. The van der Waals surface area contributed by atoms with E-state index in [-0.39, 0.29) is 12.4 Å². The van der Waals surface area contributed by atoms with E-state index in [0.717, 1.165) is 31.2 Å². The molecule has 1 N–H and O–H groups in total. The maximum atomic E-state index is 5.44. The van der Waals surface area contributed by atoms with Crippen molar-refractivity contribution >= 4 is 12.4 Å². The molecule has 0 amide bonds. The Balaban J connectivity index is 0.00000108. The third-order valence-corrected chi connectivity index (χ3v) is 4.48. The van der Waals surface area contributed by atoms with Gasteiger partial charge in [0.2, 0.25) is 0 Å². The first-order valence-electron chi connectivity index (χ1n) is 6.96. The minimum absolute atomic E-state index is 0. The number of ether oxygens (including phenoxy) is 1. The maximum Gasteiger partial charge on any atom is 0.0495 e. The molecular weight excluding hydrogens is 236 g/mol. The Labute approximate surface area is 111 Å². The zero-order valence-electron chi connectivity index (χ0n) is 10.6. The van der Waals surface area contributed by atoms with Crippen LogP contribution in [0.15, 0.2) is 0 Å². The molecule has 3 unspecified atom stereocenters. The van der Waals surface area contributed by atoms with Gasteiger partial charge in [-0.3, -0.25) is 0 Å². The maximum absolute atomic E-state index is 5.44. The summed E-state index contributed by atoms with van der Waals surface area (Å²) in [5.41, 5.74) is 0. The summed E-state index contributed by atoms with van der Waals surface area (Å²) in [4.78, 5) is 2.68. The number of likely N-dealkylation sites (tertiary alicyclic amines) is 1. The molecule has 4 heteroatoms. The second-order valence-corrected chi connectivity index (χ2v) is 5.75. The van der Waals surface area contributed by atoms with E-state index in [1.807, 2.05) is 0 Å². The highest BCUT2D eigenvalue weighted by Crippen LogP contribution is 2.22. The van der Waals surface area contributed by atoms with Crippen LogP contribution in [0.25, 0.3) is 0 Å². The highest BCUT2D eigenvalue weighted by molar-refractivity contribution is 5.85. The van der Waals surface area contributed by atoms with Gasteiger partial charge < -0.3 is 15.0 Å². The smallest absolute Gasteiger partial charge is 0.0495 e. The Morgan fingerprint density at radius 2 is 2.00 bits per heavy atom. The van der Waals surface area contributed by atoms with Crippen LogP contribution in [0.2, 0.25) is 0 Å². The van der Waals surface area contributed by atoms with E-state index in [1.165, 1.54) is 51.7 Å². The van der Waals surface area contributed by atoms with Crippen molar-refractivity contribution in [1.82, 2.24) is 10.2 Å².